The van der Waals surface area contributed by atoms with Crippen molar-refractivity contribution in [2.45, 2.75) is 24.7 Å². The van der Waals surface area contributed by atoms with E-state index in [0.717, 1.165) is 22.9 Å². The van der Waals surface area contributed by atoms with Crippen molar-refractivity contribution in [1.29, 1.82) is 0 Å². The molecule has 0 aliphatic carbocycles. The van der Waals surface area contributed by atoms with Crippen LogP contribution in [0.5, 0.6) is 0 Å². The summed E-state index contributed by atoms with van der Waals surface area (Å²) in [6.45, 7) is 3.08. The molecule has 0 saturated carbocycles. The molecule has 1 atom stereocenters. The molecule has 1 aromatic heterocycles. The molecule has 0 spiro atoms. The van der Waals surface area contributed by atoms with Gasteiger partial charge < -0.3 is 14.4 Å². The van der Waals surface area contributed by atoms with E-state index >= 15 is 0 Å². The van der Waals surface area contributed by atoms with Crippen molar-refractivity contribution in [3.63, 3.8) is 0 Å². The van der Waals surface area contributed by atoms with Crippen molar-refractivity contribution in [1.82, 2.24) is 9.88 Å². The van der Waals surface area contributed by atoms with Gasteiger partial charge in [-0.2, -0.15) is 0 Å². The van der Waals surface area contributed by atoms with E-state index in [0.29, 0.717) is 57.9 Å². The Morgan fingerprint density at radius 2 is 1.85 bits per heavy atom. The van der Waals surface area contributed by atoms with E-state index in [1.165, 1.54) is 6.07 Å². The van der Waals surface area contributed by atoms with E-state index in [9.17, 15) is 9.18 Å². The fourth-order valence-electron chi connectivity index (χ4n) is 5.30. The van der Waals surface area contributed by atoms with E-state index < -0.39 is 5.41 Å². The third-order valence-electron chi connectivity index (χ3n) is 6.99. The Morgan fingerprint density at radius 3 is 2.70 bits per heavy atom. The fourth-order valence-corrected chi connectivity index (χ4v) is 5.30. The molecule has 2 aliphatic heterocycles. The highest BCUT2D eigenvalue weighted by Gasteiger charge is 2.46. The molecule has 1 amide bonds. The Balaban J connectivity index is 1.42. The number of carbonyl (C=O) groups excluding carboxylic acids is 1. The summed E-state index contributed by atoms with van der Waals surface area (Å²) >= 11 is 0. The van der Waals surface area contributed by atoms with Gasteiger partial charge in [-0.25, -0.2) is 4.39 Å². The number of hydrogen-bond acceptors (Lipinski definition) is 4. The van der Waals surface area contributed by atoms with Crippen molar-refractivity contribution in [2.24, 2.45) is 5.92 Å². The summed E-state index contributed by atoms with van der Waals surface area (Å²) in [6.07, 6.45) is 3.56. The lowest BCUT2D eigenvalue weighted by Crippen LogP contribution is -2.51. The molecule has 6 heteroatoms. The van der Waals surface area contributed by atoms with Gasteiger partial charge in [-0.05, 0) is 37.0 Å². The minimum atomic E-state index is -0.889. The Bertz CT molecular complexity index is 1120. The average Bonchev–Trinajstić information content (AvgIpc) is 3.10. The van der Waals surface area contributed by atoms with Crippen LogP contribution in [0.4, 0.5) is 4.39 Å². The second kappa shape index (κ2) is 9.57. The Morgan fingerprint density at radius 1 is 1.03 bits per heavy atom. The summed E-state index contributed by atoms with van der Waals surface area (Å²) in [5.41, 5.74) is 1.75. The molecule has 0 unspecified atom stereocenters. The molecule has 5 nitrogen and oxygen atoms in total. The van der Waals surface area contributed by atoms with Gasteiger partial charge in [-0.15, -0.1) is 0 Å². The topological polar surface area (TPSA) is 51.7 Å². The van der Waals surface area contributed by atoms with E-state index in [1.54, 1.807) is 12.1 Å². The van der Waals surface area contributed by atoms with Crippen LogP contribution in [0.15, 0.2) is 60.8 Å². The van der Waals surface area contributed by atoms with Gasteiger partial charge >= 0.3 is 0 Å². The second-order valence-electron chi connectivity index (χ2n) is 9.06. The molecular formula is C27H29FN2O3. The van der Waals surface area contributed by atoms with Crippen molar-refractivity contribution in [2.75, 3.05) is 39.5 Å². The number of pyridine rings is 1. The number of fused-ring (bicyclic) bond motifs is 1. The van der Waals surface area contributed by atoms with Crippen molar-refractivity contribution >= 4 is 16.8 Å². The number of halogens is 1. The zero-order valence-electron chi connectivity index (χ0n) is 18.7. The maximum Gasteiger partial charge on any atom is 0.233 e. The first-order chi connectivity index (χ1) is 16.2. The van der Waals surface area contributed by atoms with Gasteiger partial charge in [0, 0.05) is 49.4 Å². The monoisotopic (exact) mass is 448 g/mol. The van der Waals surface area contributed by atoms with Gasteiger partial charge in [0.25, 0.3) is 0 Å². The maximum atomic E-state index is 14.9. The van der Waals surface area contributed by atoms with Crippen molar-refractivity contribution in [3.05, 3.63) is 77.7 Å². The van der Waals surface area contributed by atoms with E-state index in [1.807, 2.05) is 23.2 Å². The van der Waals surface area contributed by atoms with Crippen LogP contribution in [-0.4, -0.2) is 55.3 Å². The number of nitrogens with zero attached hydrogens (tertiary/aromatic N) is 2. The predicted octanol–water partition coefficient (Wildman–Crippen LogP) is 4.14. The summed E-state index contributed by atoms with van der Waals surface area (Å²) in [6, 6.07) is 16.9. The van der Waals surface area contributed by atoms with Crippen LogP contribution in [0.3, 0.4) is 0 Å². The predicted molar refractivity (Wildman–Crippen MR) is 124 cm³/mol. The molecule has 5 rings (SSSR count). The summed E-state index contributed by atoms with van der Waals surface area (Å²) in [4.78, 5) is 20.5. The first-order valence-corrected chi connectivity index (χ1v) is 11.7. The van der Waals surface area contributed by atoms with Gasteiger partial charge in [0.15, 0.2) is 0 Å². The number of carbonyl (C=O) groups is 1. The molecule has 2 aromatic carbocycles. The van der Waals surface area contributed by atoms with Crippen LogP contribution in [-0.2, 0) is 26.1 Å². The Kier molecular flexibility index (Phi) is 6.38. The summed E-state index contributed by atoms with van der Waals surface area (Å²) in [5, 5.41) is 1.11. The molecule has 2 saturated heterocycles. The standard InChI is InChI=1S/C27H29FN2O3/c28-24-9-2-1-8-23(24)27(10-14-32-15-11-27)26(31)30-13-16-33-19-20(18-30)17-22-6-3-5-21-7-4-12-29-25(21)22/h1-9,12,20H,10-11,13-19H2/t20-/m1/s1. The SMILES string of the molecule is O=C(N1CCOC[C@H](Cc2cccc3cccnc23)C1)C1(c2ccccc2F)CCOCC1. The third-order valence-corrected chi connectivity index (χ3v) is 6.99. The van der Waals surface area contributed by atoms with Gasteiger partial charge in [0.2, 0.25) is 5.91 Å². The third kappa shape index (κ3) is 4.37. The summed E-state index contributed by atoms with van der Waals surface area (Å²) < 4.78 is 26.4. The number of hydrogen-bond donors (Lipinski definition) is 0. The van der Waals surface area contributed by atoms with Gasteiger partial charge in [0.05, 0.1) is 24.1 Å². The van der Waals surface area contributed by atoms with Crippen LogP contribution < -0.4 is 0 Å². The fraction of sp³-hybridized carbons (Fsp3) is 0.407. The summed E-state index contributed by atoms with van der Waals surface area (Å²) in [7, 11) is 0. The molecule has 3 heterocycles. The average molecular weight is 449 g/mol. The van der Waals surface area contributed by atoms with Gasteiger partial charge in [0.1, 0.15) is 5.82 Å². The number of benzene rings is 2. The molecule has 0 bridgehead atoms. The number of para-hydroxylation sites is 1. The molecule has 0 N–H and O–H groups in total. The minimum Gasteiger partial charge on any atom is -0.381 e. The molecule has 33 heavy (non-hydrogen) atoms. The lowest BCUT2D eigenvalue weighted by Gasteiger charge is -2.40. The summed E-state index contributed by atoms with van der Waals surface area (Å²) in [5.74, 6) is -0.193. The van der Waals surface area contributed by atoms with Crippen LogP contribution in [0.2, 0.25) is 0 Å². The smallest absolute Gasteiger partial charge is 0.233 e. The highest BCUT2D eigenvalue weighted by molar-refractivity contribution is 5.88. The van der Waals surface area contributed by atoms with E-state index in [-0.39, 0.29) is 17.6 Å². The number of rotatable bonds is 4. The molecule has 2 fully saturated rings. The lowest BCUT2D eigenvalue weighted by atomic mass is 9.72. The Hall–Kier alpha value is -2.83. The van der Waals surface area contributed by atoms with Crippen molar-refractivity contribution < 1.29 is 18.7 Å². The lowest BCUT2D eigenvalue weighted by molar-refractivity contribution is -0.142. The van der Waals surface area contributed by atoms with Crippen LogP contribution in [0.1, 0.15) is 24.0 Å². The Labute approximate surface area is 193 Å². The molecule has 172 valence electrons. The van der Waals surface area contributed by atoms with Gasteiger partial charge in [-0.3, -0.25) is 9.78 Å². The molecular weight excluding hydrogens is 419 g/mol. The number of ether oxygens (including phenoxy) is 2. The van der Waals surface area contributed by atoms with Crippen LogP contribution in [0.25, 0.3) is 10.9 Å². The highest BCUT2D eigenvalue weighted by atomic mass is 19.1. The molecule has 2 aliphatic rings. The van der Waals surface area contributed by atoms with E-state index in [4.69, 9.17) is 9.47 Å². The quantitative estimate of drug-likeness (QED) is 0.602. The van der Waals surface area contributed by atoms with Crippen LogP contribution >= 0.6 is 0 Å². The normalized spacial score (nSPS) is 21.0. The zero-order chi connectivity index (χ0) is 22.7. The number of aromatic nitrogens is 1. The van der Waals surface area contributed by atoms with E-state index in [2.05, 4.69) is 29.2 Å². The largest absolute Gasteiger partial charge is 0.381 e. The first-order valence-electron chi connectivity index (χ1n) is 11.7. The molecule has 0 radical (unpaired) electrons. The molecule has 3 aromatic rings. The maximum absolute atomic E-state index is 14.9. The van der Waals surface area contributed by atoms with Crippen molar-refractivity contribution in [3.8, 4) is 0 Å². The highest BCUT2D eigenvalue weighted by Crippen LogP contribution is 2.38. The van der Waals surface area contributed by atoms with Gasteiger partial charge in [-0.1, -0.05) is 42.5 Å². The number of amides is 1. The first kappa shape index (κ1) is 22.0. The van der Waals surface area contributed by atoms with Crippen LogP contribution in [0, 0.1) is 11.7 Å². The minimum absolute atomic E-state index is 0.0116. The zero-order valence-corrected chi connectivity index (χ0v) is 18.7. The second-order valence-corrected chi connectivity index (χ2v) is 9.06.